The second-order valence-corrected chi connectivity index (χ2v) is 6.03. The topological polar surface area (TPSA) is 46.5 Å². The number of carbonyl (C=O) groups is 1. The number of unbranched alkanes of at least 4 members (excludes halogenated alkanes) is 2. The van der Waals surface area contributed by atoms with Crippen molar-refractivity contribution in [1.29, 1.82) is 0 Å². The third-order valence-corrected chi connectivity index (χ3v) is 3.64. The van der Waals surface area contributed by atoms with E-state index in [-0.39, 0.29) is 5.75 Å². The van der Waals surface area contributed by atoms with Crippen molar-refractivity contribution in [2.24, 2.45) is 0 Å². The normalized spacial score (nSPS) is 11.4. The minimum atomic E-state index is -1.50. The van der Waals surface area contributed by atoms with Crippen molar-refractivity contribution in [2.45, 2.75) is 36.4 Å². The monoisotopic (exact) mass is 322 g/mol. The SMILES string of the molecule is COC(=O)C(Cl)(Cl)CCCCCc1ccc(O)c(F)c1. The summed E-state index contributed by atoms with van der Waals surface area (Å²) < 4.78 is 16.1. The van der Waals surface area contributed by atoms with E-state index in [0.717, 1.165) is 18.4 Å². The maximum absolute atomic E-state index is 13.1. The molecule has 0 fully saturated rings. The number of phenolic OH excluding ortho intramolecular Hbond substituents is 1. The molecule has 112 valence electrons. The molecule has 0 unspecified atom stereocenters. The fourth-order valence-electron chi connectivity index (χ4n) is 1.81. The van der Waals surface area contributed by atoms with Gasteiger partial charge in [0.15, 0.2) is 11.6 Å². The molecule has 0 radical (unpaired) electrons. The van der Waals surface area contributed by atoms with Crippen molar-refractivity contribution in [3.05, 3.63) is 29.6 Å². The highest BCUT2D eigenvalue weighted by atomic mass is 35.5. The van der Waals surface area contributed by atoms with Crippen molar-refractivity contribution < 1.29 is 19.0 Å². The van der Waals surface area contributed by atoms with Gasteiger partial charge in [-0.3, -0.25) is 0 Å². The minimum Gasteiger partial charge on any atom is -0.505 e. The van der Waals surface area contributed by atoms with Crippen LogP contribution in [0.25, 0.3) is 0 Å². The number of aromatic hydroxyl groups is 1. The van der Waals surface area contributed by atoms with E-state index in [4.69, 9.17) is 28.3 Å². The number of alkyl halides is 2. The van der Waals surface area contributed by atoms with Gasteiger partial charge in [0.1, 0.15) is 0 Å². The maximum atomic E-state index is 13.1. The van der Waals surface area contributed by atoms with Gasteiger partial charge in [-0.1, -0.05) is 35.7 Å². The van der Waals surface area contributed by atoms with E-state index in [1.807, 2.05) is 0 Å². The first kappa shape index (κ1) is 17.1. The number of carbonyl (C=O) groups excluding carboxylic acids is 1. The zero-order valence-electron chi connectivity index (χ0n) is 11.2. The van der Waals surface area contributed by atoms with Crippen LogP contribution in [-0.4, -0.2) is 22.5 Å². The molecule has 0 aromatic heterocycles. The molecule has 0 bridgehead atoms. The van der Waals surface area contributed by atoms with Crippen LogP contribution in [0.3, 0.4) is 0 Å². The van der Waals surface area contributed by atoms with E-state index in [1.165, 1.54) is 19.2 Å². The van der Waals surface area contributed by atoms with Gasteiger partial charge in [-0.25, -0.2) is 9.18 Å². The molecule has 1 aromatic rings. The third kappa shape index (κ3) is 5.17. The van der Waals surface area contributed by atoms with Crippen LogP contribution >= 0.6 is 23.2 Å². The number of ether oxygens (including phenoxy) is 1. The fraction of sp³-hybridized carbons (Fsp3) is 0.500. The Hall–Kier alpha value is -1.00. The van der Waals surface area contributed by atoms with Crippen LogP contribution in [-0.2, 0) is 16.0 Å². The summed E-state index contributed by atoms with van der Waals surface area (Å²) in [6, 6.07) is 4.34. The number of benzene rings is 1. The van der Waals surface area contributed by atoms with E-state index in [2.05, 4.69) is 4.74 Å². The van der Waals surface area contributed by atoms with E-state index < -0.39 is 16.1 Å². The Morgan fingerprint density at radius 2 is 2.05 bits per heavy atom. The minimum absolute atomic E-state index is 0.312. The summed E-state index contributed by atoms with van der Waals surface area (Å²) in [5.74, 6) is -1.61. The second-order valence-electron chi connectivity index (χ2n) is 4.54. The van der Waals surface area contributed by atoms with Crippen LogP contribution in [0.5, 0.6) is 5.75 Å². The molecular weight excluding hydrogens is 306 g/mol. The highest BCUT2D eigenvalue weighted by Crippen LogP contribution is 2.29. The van der Waals surface area contributed by atoms with Crippen LogP contribution in [0.2, 0.25) is 0 Å². The first-order chi connectivity index (χ1) is 9.36. The van der Waals surface area contributed by atoms with Gasteiger partial charge in [-0.15, -0.1) is 0 Å². The number of esters is 1. The maximum Gasteiger partial charge on any atom is 0.342 e. The summed E-state index contributed by atoms with van der Waals surface area (Å²) in [6.07, 6.45) is 3.29. The Bertz CT molecular complexity index is 464. The molecule has 1 N–H and O–H groups in total. The van der Waals surface area contributed by atoms with E-state index in [1.54, 1.807) is 6.07 Å². The van der Waals surface area contributed by atoms with E-state index in [0.29, 0.717) is 19.3 Å². The molecule has 0 heterocycles. The quantitative estimate of drug-likeness (QED) is 0.469. The second kappa shape index (κ2) is 7.70. The molecule has 0 saturated heterocycles. The number of halogens is 3. The molecule has 0 spiro atoms. The van der Waals surface area contributed by atoms with E-state index in [9.17, 15) is 9.18 Å². The lowest BCUT2D eigenvalue weighted by atomic mass is 10.0. The van der Waals surface area contributed by atoms with Gasteiger partial charge in [0, 0.05) is 0 Å². The first-order valence-corrected chi connectivity index (χ1v) is 7.06. The smallest absolute Gasteiger partial charge is 0.342 e. The molecule has 0 aliphatic rings. The Kier molecular flexibility index (Phi) is 6.56. The molecule has 6 heteroatoms. The Labute approximate surface area is 127 Å². The van der Waals surface area contributed by atoms with Crippen molar-refractivity contribution >= 4 is 29.2 Å². The largest absolute Gasteiger partial charge is 0.505 e. The standard InChI is InChI=1S/C14H17Cl2FO3/c1-20-13(19)14(15,16)8-4-2-3-5-10-6-7-12(18)11(17)9-10/h6-7,9,18H,2-5,8H2,1H3. The van der Waals surface area contributed by atoms with Crippen LogP contribution < -0.4 is 0 Å². The van der Waals surface area contributed by atoms with Crippen molar-refractivity contribution in [2.75, 3.05) is 7.11 Å². The highest BCUT2D eigenvalue weighted by molar-refractivity contribution is 6.57. The molecule has 0 amide bonds. The van der Waals surface area contributed by atoms with Crippen LogP contribution in [0, 0.1) is 5.82 Å². The fourth-order valence-corrected chi connectivity index (χ4v) is 2.23. The lowest BCUT2D eigenvalue weighted by Crippen LogP contribution is -2.27. The Balaban J connectivity index is 2.28. The van der Waals surface area contributed by atoms with Crippen molar-refractivity contribution in [3.8, 4) is 5.75 Å². The predicted molar refractivity (Wildman–Crippen MR) is 76.7 cm³/mol. The molecule has 3 nitrogen and oxygen atoms in total. The number of aryl methyl sites for hydroxylation is 1. The Morgan fingerprint density at radius 1 is 1.35 bits per heavy atom. The Morgan fingerprint density at radius 3 is 2.65 bits per heavy atom. The van der Waals surface area contributed by atoms with Gasteiger partial charge >= 0.3 is 5.97 Å². The molecular formula is C14H17Cl2FO3. The highest BCUT2D eigenvalue weighted by Gasteiger charge is 2.33. The van der Waals surface area contributed by atoms with Crippen LogP contribution in [0.15, 0.2) is 18.2 Å². The van der Waals surface area contributed by atoms with E-state index >= 15 is 0 Å². The lowest BCUT2D eigenvalue weighted by molar-refractivity contribution is -0.141. The number of phenols is 1. The summed E-state index contributed by atoms with van der Waals surface area (Å²) in [5, 5.41) is 9.07. The zero-order valence-corrected chi connectivity index (χ0v) is 12.7. The van der Waals surface area contributed by atoms with Gasteiger partial charge in [-0.05, 0) is 43.4 Å². The number of rotatable bonds is 7. The molecule has 20 heavy (non-hydrogen) atoms. The lowest BCUT2D eigenvalue weighted by Gasteiger charge is -2.16. The van der Waals surface area contributed by atoms with Crippen LogP contribution in [0.4, 0.5) is 4.39 Å². The summed E-state index contributed by atoms with van der Waals surface area (Å²) in [4.78, 5) is 11.2. The van der Waals surface area contributed by atoms with Gasteiger partial charge in [0.25, 0.3) is 0 Å². The van der Waals surface area contributed by atoms with Gasteiger partial charge in [-0.2, -0.15) is 0 Å². The average Bonchev–Trinajstić information content (AvgIpc) is 2.41. The van der Waals surface area contributed by atoms with Crippen LogP contribution in [0.1, 0.15) is 31.2 Å². The van der Waals surface area contributed by atoms with Gasteiger partial charge in [0.05, 0.1) is 7.11 Å². The average molecular weight is 323 g/mol. The van der Waals surface area contributed by atoms with Crippen molar-refractivity contribution in [1.82, 2.24) is 0 Å². The number of hydrogen-bond acceptors (Lipinski definition) is 3. The molecule has 1 rings (SSSR count). The molecule has 0 saturated carbocycles. The molecule has 0 atom stereocenters. The zero-order chi connectivity index (χ0) is 15.2. The summed E-state index contributed by atoms with van der Waals surface area (Å²) in [5.41, 5.74) is 0.816. The van der Waals surface area contributed by atoms with Gasteiger partial charge in [0.2, 0.25) is 4.33 Å². The van der Waals surface area contributed by atoms with Gasteiger partial charge < -0.3 is 9.84 Å². The summed E-state index contributed by atoms with van der Waals surface area (Å²) in [7, 11) is 1.24. The summed E-state index contributed by atoms with van der Waals surface area (Å²) in [6.45, 7) is 0. The molecule has 0 aliphatic heterocycles. The third-order valence-electron chi connectivity index (χ3n) is 2.95. The first-order valence-electron chi connectivity index (χ1n) is 6.30. The number of hydrogen-bond donors (Lipinski definition) is 1. The predicted octanol–water partition coefficient (Wildman–Crippen LogP) is 3.98. The molecule has 0 aliphatic carbocycles. The number of methoxy groups -OCH3 is 1. The molecule has 1 aromatic carbocycles. The summed E-state index contributed by atoms with van der Waals surface area (Å²) >= 11 is 11.7. The van der Waals surface area contributed by atoms with Crippen molar-refractivity contribution in [3.63, 3.8) is 0 Å².